The highest BCUT2D eigenvalue weighted by Gasteiger charge is 2.31. The molecule has 1 unspecified atom stereocenters. The summed E-state index contributed by atoms with van der Waals surface area (Å²) in [4.78, 5) is 24.7. The van der Waals surface area contributed by atoms with Crippen LogP contribution >= 0.6 is 12.6 Å². The van der Waals surface area contributed by atoms with Gasteiger partial charge in [0.25, 0.3) is 0 Å². The van der Waals surface area contributed by atoms with Crippen LogP contribution in [0.25, 0.3) is 0 Å². The molecule has 3 nitrogen and oxygen atoms in total. The van der Waals surface area contributed by atoms with E-state index < -0.39 is 0 Å². The third kappa shape index (κ3) is 2.25. The van der Waals surface area contributed by atoms with Crippen LogP contribution in [-0.4, -0.2) is 28.9 Å². The van der Waals surface area contributed by atoms with Gasteiger partial charge in [0.2, 0.25) is 5.91 Å². The zero-order chi connectivity index (χ0) is 10.8. The van der Waals surface area contributed by atoms with Crippen LogP contribution in [0, 0.1) is 5.92 Å². The molecule has 82 valence electrons. The second kappa shape index (κ2) is 4.39. The molecule has 1 heterocycles. The van der Waals surface area contributed by atoms with E-state index in [4.69, 9.17) is 0 Å². The molecule has 0 radical (unpaired) electrons. The van der Waals surface area contributed by atoms with Gasteiger partial charge in [-0.3, -0.25) is 9.59 Å². The second-order valence-corrected chi connectivity index (χ2v) is 4.58. The third-order valence-electron chi connectivity index (χ3n) is 2.99. The summed E-state index contributed by atoms with van der Waals surface area (Å²) >= 11 is 4.21. The molecule has 2 rings (SSSR count). The summed E-state index contributed by atoms with van der Waals surface area (Å²) in [6.45, 7) is 0.738. The van der Waals surface area contributed by atoms with Gasteiger partial charge in [0, 0.05) is 31.2 Å². The van der Waals surface area contributed by atoms with Crippen LogP contribution in [0.4, 0.5) is 0 Å². The molecule has 1 atom stereocenters. The van der Waals surface area contributed by atoms with Crippen molar-refractivity contribution in [3.63, 3.8) is 0 Å². The maximum absolute atomic E-state index is 11.7. The normalized spacial score (nSPS) is 27.1. The molecule has 0 saturated carbocycles. The number of carbonyl (C=O) groups is 2. The molecule has 1 fully saturated rings. The number of rotatable bonds is 2. The fourth-order valence-electron chi connectivity index (χ4n) is 2.17. The Morgan fingerprint density at radius 3 is 2.80 bits per heavy atom. The van der Waals surface area contributed by atoms with Gasteiger partial charge in [0.1, 0.15) is 0 Å². The Morgan fingerprint density at radius 2 is 2.20 bits per heavy atom. The zero-order valence-corrected chi connectivity index (χ0v) is 9.50. The van der Waals surface area contributed by atoms with Gasteiger partial charge in [0.15, 0.2) is 5.78 Å². The van der Waals surface area contributed by atoms with E-state index in [9.17, 15) is 9.59 Å². The zero-order valence-electron chi connectivity index (χ0n) is 8.61. The topological polar surface area (TPSA) is 37.4 Å². The molecule has 0 aromatic rings. The molecule has 0 spiro atoms. The van der Waals surface area contributed by atoms with Gasteiger partial charge >= 0.3 is 0 Å². The highest BCUT2D eigenvalue weighted by atomic mass is 32.1. The predicted octanol–water partition coefficient (Wildman–Crippen LogP) is 1.40. The van der Waals surface area contributed by atoms with Crippen LogP contribution in [0.5, 0.6) is 0 Å². The first-order chi connectivity index (χ1) is 7.20. The first-order valence-electron chi connectivity index (χ1n) is 5.35. The second-order valence-electron chi connectivity index (χ2n) is 4.21. The van der Waals surface area contributed by atoms with E-state index in [0.717, 1.165) is 30.8 Å². The summed E-state index contributed by atoms with van der Waals surface area (Å²) in [5.41, 5.74) is 0.917. The van der Waals surface area contributed by atoms with Crippen molar-refractivity contribution in [3.05, 3.63) is 11.8 Å². The van der Waals surface area contributed by atoms with Gasteiger partial charge in [0.05, 0.1) is 0 Å². The molecule has 1 saturated heterocycles. The van der Waals surface area contributed by atoms with Crippen molar-refractivity contribution in [1.82, 2.24) is 4.90 Å². The van der Waals surface area contributed by atoms with E-state index in [2.05, 4.69) is 12.6 Å². The minimum Gasteiger partial charge on any atom is -0.316 e. The minimum atomic E-state index is 0.148. The Balaban J connectivity index is 2.11. The summed E-state index contributed by atoms with van der Waals surface area (Å²) in [5, 5.41) is 0. The van der Waals surface area contributed by atoms with E-state index in [1.165, 1.54) is 0 Å². The highest BCUT2D eigenvalue weighted by molar-refractivity contribution is 7.80. The molecule has 0 N–H and O–H groups in total. The maximum Gasteiger partial charge on any atom is 0.227 e. The molecular formula is C11H15NO2S. The van der Waals surface area contributed by atoms with Crippen LogP contribution in [0.15, 0.2) is 11.8 Å². The molecule has 1 amide bonds. The van der Waals surface area contributed by atoms with Crippen molar-refractivity contribution >= 4 is 24.3 Å². The Hall–Kier alpha value is -0.770. The smallest absolute Gasteiger partial charge is 0.227 e. The monoisotopic (exact) mass is 225 g/mol. The molecule has 0 bridgehead atoms. The number of likely N-dealkylation sites (tertiary alicyclic amines) is 1. The Labute approximate surface area is 94.9 Å². The van der Waals surface area contributed by atoms with Crippen molar-refractivity contribution in [1.29, 1.82) is 0 Å². The Bertz CT molecular complexity index is 325. The predicted molar refractivity (Wildman–Crippen MR) is 60.6 cm³/mol. The number of allylic oxidation sites excluding steroid dienone is 2. The summed E-state index contributed by atoms with van der Waals surface area (Å²) in [5.74, 6) is 1.39. The van der Waals surface area contributed by atoms with Gasteiger partial charge in [-0.2, -0.15) is 12.6 Å². The molecule has 15 heavy (non-hydrogen) atoms. The number of ketones is 1. The summed E-state index contributed by atoms with van der Waals surface area (Å²) in [6, 6.07) is 0. The first-order valence-corrected chi connectivity index (χ1v) is 5.98. The van der Waals surface area contributed by atoms with E-state index in [-0.39, 0.29) is 11.7 Å². The number of thiol groups is 1. The SMILES string of the molecule is O=C1C=C(N2CC(CS)CC2=O)CCC1. The Morgan fingerprint density at radius 1 is 1.40 bits per heavy atom. The summed E-state index contributed by atoms with van der Waals surface area (Å²) in [6.07, 6.45) is 4.58. The number of hydrogen-bond acceptors (Lipinski definition) is 3. The lowest BCUT2D eigenvalue weighted by Crippen LogP contribution is -2.27. The number of amides is 1. The van der Waals surface area contributed by atoms with Crippen molar-refractivity contribution in [3.8, 4) is 0 Å². The number of hydrogen-bond donors (Lipinski definition) is 1. The van der Waals surface area contributed by atoms with E-state index in [0.29, 0.717) is 18.8 Å². The van der Waals surface area contributed by atoms with Crippen molar-refractivity contribution < 1.29 is 9.59 Å². The van der Waals surface area contributed by atoms with Gasteiger partial charge in [-0.15, -0.1) is 0 Å². The van der Waals surface area contributed by atoms with Crippen LogP contribution in [0.2, 0.25) is 0 Å². The minimum absolute atomic E-state index is 0.148. The fourth-order valence-corrected chi connectivity index (χ4v) is 2.41. The summed E-state index contributed by atoms with van der Waals surface area (Å²) in [7, 11) is 0. The quantitative estimate of drug-likeness (QED) is 0.721. The lowest BCUT2D eigenvalue weighted by Gasteiger charge is -2.22. The molecule has 2 aliphatic rings. The van der Waals surface area contributed by atoms with Crippen molar-refractivity contribution in [2.75, 3.05) is 12.3 Å². The number of carbonyl (C=O) groups excluding carboxylic acids is 2. The van der Waals surface area contributed by atoms with Crippen LogP contribution in [0.3, 0.4) is 0 Å². The largest absolute Gasteiger partial charge is 0.316 e. The van der Waals surface area contributed by atoms with Gasteiger partial charge in [-0.25, -0.2) is 0 Å². The van der Waals surface area contributed by atoms with Crippen LogP contribution in [0.1, 0.15) is 25.7 Å². The summed E-state index contributed by atoms with van der Waals surface area (Å²) < 4.78 is 0. The van der Waals surface area contributed by atoms with E-state index in [1.54, 1.807) is 11.0 Å². The standard InChI is InChI=1S/C11H15NO2S/c13-10-3-1-2-9(5-10)12-6-8(7-15)4-11(12)14/h5,8,15H,1-4,6-7H2. The highest BCUT2D eigenvalue weighted by Crippen LogP contribution is 2.27. The lowest BCUT2D eigenvalue weighted by molar-refractivity contribution is -0.126. The molecule has 0 aromatic heterocycles. The first kappa shape index (κ1) is 10.7. The van der Waals surface area contributed by atoms with Gasteiger partial charge in [-0.1, -0.05) is 0 Å². The van der Waals surface area contributed by atoms with E-state index in [1.807, 2.05) is 0 Å². The number of nitrogens with zero attached hydrogens (tertiary/aromatic N) is 1. The third-order valence-corrected chi connectivity index (χ3v) is 3.51. The van der Waals surface area contributed by atoms with Crippen molar-refractivity contribution in [2.45, 2.75) is 25.7 Å². The fraction of sp³-hybridized carbons (Fsp3) is 0.636. The van der Waals surface area contributed by atoms with Crippen molar-refractivity contribution in [2.24, 2.45) is 5.92 Å². The lowest BCUT2D eigenvalue weighted by atomic mass is 10.0. The van der Waals surface area contributed by atoms with Crippen LogP contribution < -0.4 is 0 Å². The molecule has 1 aliphatic carbocycles. The molecule has 0 aromatic carbocycles. The van der Waals surface area contributed by atoms with E-state index >= 15 is 0 Å². The molecular weight excluding hydrogens is 210 g/mol. The molecule has 4 heteroatoms. The van der Waals surface area contributed by atoms with Gasteiger partial charge in [-0.05, 0) is 24.5 Å². The average molecular weight is 225 g/mol. The molecule has 1 aliphatic heterocycles. The van der Waals surface area contributed by atoms with Crippen LogP contribution in [-0.2, 0) is 9.59 Å². The maximum atomic E-state index is 11.7. The average Bonchev–Trinajstić information content (AvgIpc) is 2.60. The Kier molecular flexibility index (Phi) is 3.14. The van der Waals surface area contributed by atoms with Gasteiger partial charge < -0.3 is 4.90 Å².